The van der Waals surface area contributed by atoms with E-state index < -0.39 is 0 Å². The van der Waals surface area contributed by atoms with Gasteiger partial charge in [-0.05, 0) is 107 Å². The lowest BCUT2D eigenvalue weighted by atomic mass is 9.86. The third kappa shape index (κ3) is 5.40. The van der Waals surface area contributed by atoms with Crippen molar-refractivity contribution in [1.82, 2.24) is 9.13 Å². The fourth-order valence-electron chi connectivity index (χ4n) is 7.20. The Hall–Kier alpha value is -5.54. The minimum absolute atomic E-state index is 0.0947. The molecular formula is C46H43N3. The lowest BCUT2D eigenvalue weighted by Crippen LogP contribution is -2.14. The van der Waals surface area contributed by atoms with Crippen molar-refractivity contribution in [3.63, 3.8) is 0 Å². The summed E-state index contributed by atoms with van der Waals surface area (Å²) < 4.78 is 4.70. The zero-order chi connectivity index (χ0) is 33.9. The molecule has 8 rings (SSSR count). The molecule has 2 aromatic heterocycles. The van der Waals surface area contributed by atoms with Gasteiger partial charge in [-0.25, -0.2) is 0 Å². The summed E-state index contributed by atoms with van der Waals surface area (Å²) in [4.78, 5) is 2.37. The SMILES string of the molecule is CC(C)(C)c1ccc(N(c2ccc(-n3c4ccccc4c4c5ccn(-c6ccccc6)c5ccc43)cc2)c2ccc(C(C)(C)C)cc2)cc1. The molecule has 6 aromatic carbocycles. The minimum atomic E-state index is 0.0947. The predicted molar refractivity (Wildman–Crippen MR) is 210 cm³/mol. The molecule has 0 saturated heterocycles. The number of fused-ring (bicyclic) bond motifs is 5. The van der Waals surface area contributed by atoms with Crippen LogP contribution in [0, 0.1) is 0 Å². The largest absolute Gasteiger partial charge is 0.317 e. The van der Waals surface area contributed by atoms with Gasteiger partial charge in [0.25, 0.3) is 0 Å². The van der Waals surface area contributed by atoms with Gasteiger partial charge in [0, 0.05) is 50.8 Å². The van der Waals surface area contributed by atoms with Crippen LogP contribution < -0.4 is 4.90 Å². The highest BCUT2D eigenvalue weighted by atomic mass is 15.1. The molecule has 2 heterocycles. The number of para-hydroxylation sites is 2. The molecule has 3 heteroatoms. The fourth-order valence-corrected chi connectivity index (χ4v) is 7.20. The van der Waals surface area contributed by atoms with Crippen molar-refractivity contribution < 1.29 is 0 Å². The molecule has 242 valence electrons. The van der Waals surface area contributed by atoms with Gasteiger partial charge in [0.2, 0.25) is 0 Å². The van der Waals surface area contributed by atoms with E-state index in [1.165, 1.54) is 49.5 Å². The van der Waals surface area contributed by atoms with E-state index in [4.69, 9.17) is 0 Å². The highest BCUT2D eigenvalue weighted by Gasteiger charge is 2.20. The fraction of sp³-hybridized carbons (Fsp3) is 0.174. The zero-order valence-electron chi connectivity index (χ0n) is 29.3. The highest BCUT2D eigenvalue weighted by Crippen LogP contribution is 2.40. The summed E-state index contributed by atoms with van der Waals surface area (Å²) in [7, 11) is 0. The van der Waals surface area contributed by atoms with Crippen LogP contribution in [0.5, 0.6) is 0 Å². The molecule has 0 amide bonds. The second-order valence-corrected chi connectivity index (χ2v) is 15.2. The zero-order valence-corrected chi connectivity index (χ0v) is 29.3. The first-order valence-electron chi connectivity index (χ1n) is 17.3. The van der Waals surface area contributed by atoms with Gasteiger partial charge < -0.3 is 14.0 Å². The molecule has 0 aliphatic carbocycles. The van der Waals surface area contributed by atoms with Crippen LogP contribution in [0.3, 0.4) is 0 Å². The van der Waals surface area contributed by atoms with Crippen LogP contribution in [0.25, 0.3) is 44.1 Å². The van der Waals surface area contributed by atoms with E-state index in [9.17, 15) is 0 Å². The number of hydrogen-bond donors (Lipinski definition) is 0. The van der Waals surface area contributed by atoms with Crippen molar-refractivity contribution in [1.29, 1.82) is 0 Å². The molecule has 0 spiro atoms. The molecule has 0 saturated carbocycles. The number of benzene rings is 6. The quantitative estimate of drug-likeness (QED) is 0.183. The molecule has 3 nitrogen and oxygen atoms in total. The van der Waals surface area contributed by atoms with Crippen LogP contribution in [0.15, 0.2) is 152 Å². The van der Waals surface area contributed by atoms with Crippen molar-refractivity contribution in [3.05, 3.63) is 163 Å². The Morgan fingerprint density at radius 2 is 0.898 bits per heavy atom. The lowest BCUT2D eigenvalue weighted by Gasteiger charge is -2.28. The van der Waals surface area contributed by atoms with Crippen LogP contribution in [-0.4, -0.2) is 9.13 Å². The Bertz CT molecular complexity index is 2350. The molecule has 0 aliphatic rings. The molecule has 0 unspecified atom stereocenters. The molecule has 0 fully saturated rings. The Balaban J connectivity index is 1.25. The normalized spacial score (nSPS) is 12.3. The maximum absolute atomic E-state index is 2.41. The predicted octanol–water partition coefficient (Wildman–Crippen LogP) is 12.8. The number of nitrogens with zero attached hydrogens (tertiary/aromatic N) is 3. The third-order valence-corrected chi connectivity index (χ3v) is 9.89. The maximum Gasteiger partial charge on any atom is 0.0548 e. The summed E-state index contributed by atoms with van der Waals surface area (Å²) in [6.45, 7) is 13.6. The van der Waals surface area contributed by atoms with Gasteiger partial charge >= 0.3 is 0 Å². The first kappa shape index (κ1) is 30.8. The van der Waals surface area contributed by atoms with Crippen LogP contribution in [0.2, 0.25) is 0 Å². The van der Waals surface area contributed by atoms with E-state index in [1.807, 2.05) is 0 Å². The average molecular weight is 638 g/mol. The van der Waals surface area contributed by atoms with Gasteiger partial charge in [-0.15, -0.1) is 0 Å². The van der Waals surface area contributed by atoms with Crippen molar-refractivity contribution in [2.24, 2.45) is 0 Å². The van der Waals surface area contributed by atoms with Crippen molar-refractivity contribution in [3.8, 4) is 11.4 Å². The highest BCUT2D eigenvalue weighted by molar-refractivity contribution is 6.21. The second-order valence-electron chi connectivity index (χ2n) is 15.2. The number of rotatable bonds is 5. The lowest BCUT2D eigenvalue weighted by molar-refractivity contribution is 0.590. The summed E-state index contributed by atoms with van der Waals surface area (Å²) in [6, 6.07) is 53.3. The van der Waals surface area contributed by atoms with Crippen molar-refractivity contribution >= 4 is 49.8 Å². The maximum atomic E-state index is 2.41. The Labute approximate surface area is 289 Å². The molecule has 0 radical (unpaired) electrons. The van der Waals surface area contributed by atoms with Gasteiger partial charge in [-0.1, -0.05) is 102 Å². The monoisotopic (exact) mass is 637 g/mol. The Morgan fingerprint density at radius 3 is 1.47 bits per heavy atom. The van der Waals surface area contributed by atoms with Gasteiger partial charge in [-0.3, -0.25) is 0 Å². The molecular weight excluding hydrogens is 595 g/mol. The second kappa shape index (κ2) is 11.6. The van der Waals surface area contributed by atoms with Crippen molar-refractivity contribution in [2.75, 3.05) is 4.90 Å². The summed E-state index contributed by atoms with van der Waals surface area (Å²) in [6.07, 6.45) is 2.19. The smallest absolute Gasteiger partial charge is 0.0548 e. The van der Waals surface area contributed by atoms with Crippen LogP contribution in [0.1, 0.15) is 52.7 Å². The molecule has 49 heavy (non-hydrogen) atoms. The van der Waals surface area contributed by atoms with Gasteiger partial charge in [-0.2, -0.15) is 0 Å². The standard InChI is InChI=1S/C46H43N3/c1-45(2,3)32-16-20-35(21-17-32)48(36-22-18-33(19-23-36)46(4,5)6)37-24-26-38(27-25-37)49-42-15-11-10-14-39(42)44-40-30-31-47(34-12-8-7-9-13-34)41(40)28-29-43(44)49/h7-31H,1-6H3. The summed E-state index contributed by atoms with van der Waals surface area (Å²) >= 11 is 0. The molecule has 0 bridgehead atoms. The molecule has 0 N–H and O–H groups in total. The Morgan fingerprint density at radius 1 is 0.408 bits per heavy atom. The summed E-state index contributed by atoms with van der Waals surface area (Å²) in [5.41, 5.74) is 12.2. The number of hydrogen-bond acceptors (Lipinski definition) is 1. The molecule has 8 aromatic rings. The van der Waals surface area contributed by atoms with E-state index in [1.54, 1.807) is 0 Å². The third-order valence-electron chi connectivity index (χ3n) is 9.89. The van der Waals surface area contributed by atoms with Gasteiger partial charge in [0.05, 0.1) is 16.6 Å². The first-order valence-corrected chi connectivity index (χ1v) is 17.3. The minimum Gasteiger partial charge on any atom is -0.317 e. The van der Waals surface area contributed by atoms with Crippen LogP contribution in [-0.2, 0) is 10.8 Å². The van der Waals surface area contributed by atoms with Crippen molar-refractivity contribution in [2.45, 2.75) is 52.4 Å². The first-order chi connectivity index (χ1) is 23.6. The van der Waals surface area contributed by atoms with E-state index in [0.29, 0.717) is 0 Å². The molecule has 0 atom stereocenters. The Kier molecular flexibility index (Phi) is 7.26. The van der Waals surface area contributed by atoms with Crippen LogP contribution >= 0.6 is 0 Å². The van der Waals surface area contributed by atoms with Crippen LogP contribution in [0.4, 0.5) is 17.1 Å². The van der Waals surface area contributed by atoms with Gasteiger partial charge in [0.1, 0.15) is 0 Å². The summed E-state index contributed by atoms with van der Waals surface area (Å²) in [5, 5.41) is 3.81. The average Bonchev–Trinajstić information content (AvgIpc) is 3.68. The number of anilines is 3. The topological polar surface area (TPSA) is 13.1 Å². The summed E-state index contributed by atoms with van der Waals surface area (Å²) in [5.74, 6) is 0. The van der Waals surface area contributed by atoms with E-state index in [2.05, 4.69) is 207 Å². The van der Waals surface area contributed by atoms with E-state index >= 15 is 0 Å². The van der Waals surface area contributed by atoms with E-state index in [-0.39, 0.29) is 10.8 Å². The van der Waals surface area contributed by atoms with E-state index in [0.717, 1.165) is 22.7 Å². The van der Waals surface area contributed by atoms with Gasteiger partial charge in [0.15, 0.2) is 0 Å². The number of aromatic nitrogens is 2. The molecule has 0 aliphatic heterocycles.